The summed E-state index contributed by atoms with van der Waals surface area (Å²) in [6.45, 7) is 10.4. The van der Waals surface area contributed by atoms with Gasteiger partial charge < -0.3 is 10.2 Å². The van der Waals surface area contributed by atoms with Crippen LogP contribution in [0, 0.1) is 17.6 Å². The number of carbonyl (C=O) groups excluding carboxylic acids is 2. The fraction of sp³-hybridized carbons (Fsp3) is 0.455. The normalized spacial score (nSPS) is 20.7. The Kier molecular flexibility index (Phi) is 9.13. The van der Waals surface area contributed by atoms with Gasteiger partial charge in [-0.05, 0) is 81.3 Å². The second-order valence-corrected chi connectivity index (χ2v) is 13.1. The maximum Gasteiger partial charge on any atom is 0.254 e. The van der Waals surface area contributed by atoms with Crippen molar-refractivity contribution in [3.05, 3.63) is 94.0 Å². The van der Waals surface area contributed by atoms with Crippen LogP contribution in [-0.2, 0) is 4.79 Å². The highest BCUT2D eigenvalue weighted by atomic mass is 35.5. The van der Waals surface area contributed by atoms with Crippen molar-refractivity contribution >= 4 is 23.4 Å². The molecule has 0 aliphatic carbocycles. The Labute approximate surface area is 256 Å². The van der Waals surface area contributed by atoms with Crippen LogP contribution in [0.4, 0.5) is 8.78 Å². The molecule has 3 aromatic rings. The van der Waals surface area contributed by atoms with Gasteiger partial charge in [0.05, 0.1) is 17.5 Å². The van der Waals surface area contributed by atoms with Gasteiger partial charge in [0.2, 0.25) is 5.91 Å². The van der Waals surface area contributed by atoms with E-state index in [-0.39, 0.29) is 35.2 Å². The molecule has 10 heteroatoms. The summed E-state index contributed by atoms with van der Waals surface area (Å²) < 4.78 is 28.6. The first-order chi connectivity index (χ1) is 20.4. The van der Waals surface area contributed by atoms with Crippen LogP contribution in [0.15, 0.2) is 55.1 Å². The van der Waals surface area contributed by atoms with Gasteiger partial charge in [0, 0.05) is 61.1 Å². The van der Waals surface area contributed by atoms with Crippen LogP contribution in [0.2, 0.25) is 5.02 Å². The predicted octanol–water partition coefficient (Wildman–Crippen LogP) is 6.12. The van der Waals surface area contributed by atoms with E-state index < -0.39 is 17.6 Å². The molecule has 2 aromatic carbocycles. The zero-order valence-electron chi connectivity index (χ0n) is 25.0. The fourth-order valence-electron chi connectivity index (χ4n) is 6.43. The van der Waals surface area contributed by atoms with Gasteiger partial charge in [0.15, 0.2) is 0 Å². The Bertz CT molecular complexity index is 1470. The average Bonchev–Trinajstić information content (AvgIpc) is 3.43. The molecule has 228 valence electrons. The van der Waals surface area contributed by atoms with Crippen molar-refractivity contribution in [3.8, 4) is 0 Å². The summed E-state index contributed by atoms with van der Waals surface area (Å²) in [6.07, 6.45) is 5.82. The predicted molar refractivity (Wildman–Crippen MR) is 162 cm³/mol. The summed E-state index contributed by atoms with van der Waals surface area (Å²) in [5.74, 6) is -2.08. The lowest BCUT2D eigenvalue weighted by Crippen LogP contribution is -2.44. The molecule has 3 atom stereocenters. The van der Waals surface area contributed by atoms with E-state index in [1.54, 1.807) is 0 Å². The summed E-state index contributed by atoms with van der Waals surface area (Å²) in [5.41, 5.74) is 2.61. The maximum absolute atomic E-state index is 14.9. The number of halogens is 3. The number of likely N-dealkylation sites (tertiary alicyclic amines) is 2. The van der Waals surface area contributed by atoms with Crippen molar-refractivity contribution < 1.29 is 18.4 Å². The maximum atomic E-state index is 14.9. The lowest BCUT2D eigenvalue weighted by atomic mass is 9.83. The number of rotatable bonds is 6. The van der Waals surface area contributed by atoms with Gasteiger partial charge in [-0.1, -0.05) is 23.7 Å². The van der Waals surface area contributed by atoms with Crippen molar-refractivity contribution in [2.24, 2.45) is 5.92 Å². The van der Waals surface area contributed by atoms with Crippen LogP contribution < -0.4 is 5.32 Å². The van der Waals surface area contributed by atoms with E-state index in [0.29, 0.717) is 42.3 Å². The third kappa shape index (κ3) is 6.88. The zero-order valence-corrected chi connectivity index (χ0v) is 25.7. The first kappa shape index (κ1) is 31.0. The highest BCUT2D eigenvalue weighted by Crippen LogP contribution is 2.40. The Morgan fingerprint density at radius 2 is 1.67 bits per heavy atom. The van der Waals surface area contributed by atoms with Gasteiger partial charge in [-0.2, -0.15) is 0 Å². The van der Waals surface area contributed by atoms with Gasteiger partial charge in [-0.25, -0.2) is 18.7 Å². The molecule has 0 bridgehead atoms. The molecule has 1 N–H and O–H groups in total. The largest absolute Gasteiger partial charge is 0.345 e. The highest BCUT2D eigenvalue weighted by Gasteiger charge is 2.44. The molecule has 7 nitrogen and oxygen atoms in total. The fourth-order valence-corrected chi connectivity index (χ4v) is 6.61. The van der Waals surface area contributed by atoms with E-state index in [4.69, 9.17) is 11.6 Å². The van der Waals surface area contributed by atoms with Gasteiger partial charge in [-0.15, -0.1) is 0 Å². The molecule has 2 amide bonds. The van der Waals surface area contributed by atoms with Gasteiger partial charge in [0.25, 0.3) is 5.91 Å². The van der Waals surface area contributed by atoms with Crippen LogP contribution in [0.25, 0.3) is 0 Å². The number of aromatic nitrogens is 2. The number of hydrogen-bond acceptors (Lipinski definition) is 5. The van der Waals surface area contributed by atoms with E-state index in [1.165, 1.54) is 30.9 Å². The first-order valence-corrected chi connectivity index (χ1v) is 15.1. The van der Waals surface area contributed by atoms with Crippen molar-refractivity contribution in [3.63, 3.8) is 0 Å². The van der Waals surface area contributed by atoms with Crippen molar-refractivity contribution in [2.45, 2.75) is 64.0 Å². The number of carbonyl (C=O) groups is 2. The molecule has 2 aliphatic rings. The number of nitrogens with one attached hydrogen (secondary N) is 1. The third-order valence-corrected chi connectivity index (χ3v) is 9.11. The number of piperidine rings is 1. The molecule has 1 aromatic heterocycles. The third-order valence-electron chi connectivity index (χ3n) is 8.88. The van der Waals surface area contributed by atoms with E-state index in [2.05, 4.69) is 41.0 Å². The molecule has 0 radical (unpaired) electrons. The van der Waals surface area contributed by atoms with Gasteiger partial charge in [0.1, 0.15) is 18.0 Å². The standard InChI is InChI=1S/C33H38ClF2N5O2/c1-20(39-31(42)22-15-37-19-38-16-22)27-13-23(34)5-7-25(27)21-9-11-40(12-10-21)32(43)29-18-41(33(2,3)4)17-28(29)26-8-6-24(35)14-30(26)36/h5-8,13-16,19-21,28-29H,9-12,17-18H2,1-4H3,(H,39,42)/t20?,28-,29+/m0/s1. The molecule has 43 heavy (non-hydrogen) atoms. The van der Waals surface area contributed by atoms with E-state index in [9.17, 15) is 18.4 Å². The van der Waals surface area contributed by atoms with Crippen LogP contribution >= 0.6 is 11.6 Å². The topological polar surface area (TPSA) is 78.4 Å². The monoisotopic (exact) mass is 609 g/mol. The lowest BCUT2D eigenvalue weighted by molar-refractivity contribution is -0.136. The molecule has 0 spiro atoms. The number of nitrogens with zero attached hydrogens (tertiary/aromatic N) is 4. The quantitative estimate of drug-likeness (QED) is 0.364. The Balaban J connectivity index is 1.30. The second-order valence-electron chi connectivity index (χ2n) is 12.6. The van der Waals surface area contributed by atoms with E-state index in [1.807, 2.05) is 30.0 Å². The van der Waals surface area contributed by atoms with E-state index in [0.717, 1.165) is 30.0 Å². The van der Waals surface area contributed by atoms with Gasteiger partial charge in [-0.3, -0.25) is 14.5 Å². The summed E-state index contributed by atoms with van der Waals surface area (Å²) >= 11 is 6.38. The molecular weight excluding hydrogens is 572 g/mol. The lowest BCUT2D eigenvalue weighted by Gasteiger charge is -2.36. The average molecular weight is 610 g/mol. The number of amides is 2. The molecule has 2 fully saturated rings. The van der Waals surface area contributed by atoms with Crippen LogP contribution in [0.3, 0.4) is 0 Å². The summed E-state index contributed by atoms with van der Waals surface area (Å²) in [4.78, 5) is 38.7. The molecule has 5 rings (SSSR count). The molecular formula is C33H38ClF2N5O2. The molecule has 0 saturated carbocycles. The SMILES string of the molecule is CC(NC(=O)c1cncnc1)c1cc(Cl)ccc1C1CCN(C(=O)[C@@H]2CN(C(C)(C)C)C[C@H]2c2ccc(F)cc2F)CC1. The number of benzene rings is 2. The minimum Gasteiger partial charge on any atom is -0.345 e. The van der Waals surface area contributed by atoms with Crippen LogP contribution in [0.5, 0.6) is 0 Å². The summed E-state index contributed by atoms with van der Waals surface area (Å²) in [7, 11) is 0. The van der Waals surface area contributed by atoms with Crippen LogP contribution in [-0.4, -0.2) is 63.3 Å². The van der Waals surface area contributed by atoms with Crippen molar-refractivity contribution in [2.75, 3.05) is 26.2 Å². The smallest absolute Gasteiger partial charge is 0.254 e. The molecule has 2 saturated heterocycles. The minimum absolute atomic E-state index is 0.0148. The van der Waals surface area contributed by atoms with Crippen molar-refractivity contribution in [1.29, 1.82) is 0 Å². The first-order valence-electron chi connectivity index (χ1n) is 14.8. The van der Waals surface area contributed by atoms with Gasteiger partial charge >= 0.3 is 0 Å². The summed E-state index contributed by atoms with van der Waals surface area (Å²) in [6, 6.07) is 9.12. The Morgan fingerprint density at radius 1 is 1.00 bits per heavy atom. The summed E-state index contributed by atoms with van der Waals surface area (Å²) in [5, 5.41) is 3.61. The molecule has 3 heterocycles. The van der Waals surface area contributed by atoms with E-state index >= 15 is 0 Å². The zero-order chi connectivity index (χ0) is 30.9. The number of hydrogen-bond donors (Lipinski definition) is 1. The second kappa shape index (κ2) is 12.7. The molecule has 1 unspecified atom stereocenters. The Morgan fingerprint density at radius 3 is 2.33 bits per heavy atom. The minimum atomic E-state index is -0.624. The van der Waals surface area contributed by atoms with Crippen LogP contribution in [0.1, 0.15) is 85.5 Å². The molecule has 2 aliphatic heterocycles. The Hall–Kier alpha value is -3.43. The highest BCUT2D eigenvalue weighted by molar-refractivity contribution is 6.30. The van der Waals surface area contributed by atoms with Crippen molar-refractivity contribution in [1.82, 2.24) is 25.1 Å².